The molecular weight excluding hydrogens is 344 g/mol. The molecule has 0 fully saturated rings. The zero-order valence-corrected chi connectivity index (χ0v) is 16.1. The van der Waals surface area contributed by atoms with Crippen molar-refractivity contribution in [2.75, 3.05) is 44.4 Å². The molecule has 1 aromatic rings. The van der Waals surface area contributed by atoms with E-state index in [9.17, 15) is 8.42 Å². The molecule has 0 amide bonds. The lowest BCUT2D eigenvalue weighted by molar-refractivity contribution is 0.311. The highest BCUT2D eigenvalue weighted by Gasteiger charge is 2.07. The average Bonchev–Trinajstić information content (AvgIpc) is 2.59. The van der Waals surface area contributed by atoms with E-state index in [0.29, 0.717) is 37.2 Å². The third-order valence-corrected chi connectivity index (χ3v) is 4.56. The fraction of sp³-hybridized carbons (Fsp3) is 0.562. The molecule has 3 N–H and O–H groups in total. The molecule has 0 saturated carbocycles. The van der Waals surface area contributed by atoms with E-state index in [1.54, 1.807) is 14.0 Å². The summed E-state index contributed by atoms with van der Waals surface area (Å²) in [5, 5.41) is 6.28. The summed E-state index contributed by atoms with van der Waals surface area (Å²) >= 11 is 0. The molecule has 0 aromatic heterocycles. The minimum absolute atomic E-state index is 0.0566. The van der Waals surface area contributed by atoms with E-state index in [0.717, 1.165) is 5.69 Å². The van der Waals surface area contributed by atoms with Gasteiger partial charge in [0.15, 0.2) is 17.5 Å². The van der Waals surface area contributed by atoms with Crippen LogP contribution in [-0.4, -0.2) is 53.5 Å². The number of nitrogens with one attached hydrogen (secondary N) is 3. The molecule has 25 heavy (non-hydrogen) atoms. The number of benzene rings is 1. The number of guanidine groups is 1. The summed E-state index contributed by atoms with van der Waals surface area (Å²) < 4.78 is 36.1. The largest absolute Gasteiger partial charge is 0.493 e. The van der Waals surface area contributed by atoms with Crippen molar-refractivity contribution >= 4 is 21.7 Å². The van der Waals surface area contributed by atoms with Crippen molar-refractivity contribution < 1.29 is 17.9 Å². The van der Waals surface area contributed by atoms with Crippen molar-refractivity contribution in [1.29, 1.82) is 0 Å². The van der Waals surface area contributed by atoms with Gasteiger partial charge in [0.1, 0.15) is 0 Å². The van der Waals surface area contributed by atoms with Gasteiger partial charge in [-0.1, -0.05) is 0 Å². The van der Waals surface area contributed by atoms with E-state index in [1.165, 1.54) is 0 Å². The van der Waals surface area contributed by atoms with Crippen molar-refractivity contribution in [3.63, 3.8) is 0 Å². The van der Waals surface area contributed by atoms with Gasteiger partial charge >= 0.3 is 0 Å². The Morgan fingerprint density at radius 2 is 1.96 bits per heavy atom. The van der Waals surface area contributed by atoms with Crippen molar-refractivity contribution in [3.8, 4) is 11.5 Å². The maximum absolute atomic E-state index is 11.4. The Balaban J connectivity index is 2.76. The van der Waals surface area contributed by atoms with E-state index >= 15 is 0 Å². The number of aliphatic imine (C=N–C) groups is 1. The molecule has 0 atom stereocenters. The first-order valence-corrected chi connectivity index (χ1v) is 9.94. The fourth-order valence-electron chi connectivity index (χ4n) is 1.94. The van der Waals surface area contributed by atoms with Gasteiger partial charge < -0.3 is 20.1 Å². The van der Waals surface area contributed by atoms with Crippen LogP contribution in [0.2, 0.25) is 0 Å². The highest BCUT2D eigenvalue weighted by Crippen LogP contribution is 2.30. The van der Waals surface area contributed by atoms with Crippen LogP contribution < -0.4 is 24.8 Å². The lowest BCUT2D eigenvalue weighted by atomic mass is 10.2. The molecule has 0 bridgehead atoms. The SMILES string of the molecule is CCNC(=NCCNS(=O)(=O)CC)Nc1ccc(OC)c(OCC)c1. The van der Waals surface area contributed by atoms with Crippen molar-refractivity contribution in [2.45, 2.75) is 20.8 Å². The molecule has 1 rings (SSSR count). The molecule has 0 radical (unpaired) electrons. The summed E-state index contributed by atoms with van der Waals surface area (Å²) in [5.41, 5.74) is 0.790. The van der Waals surface area contributed by atoms with Crippen LogP contribution in [-0.2, 0) is 10.0 Å². The summed E-state index contributed by atoms with van der Waals surface area (Å²) in [5.74, 6) is 1.91. The lowest BCUT2D eigenvalue weighted by Gasteiger charge is -2.14. The number of hydrogen-bond donors (Lipinski definition) is 3. The van der Waals surface area contributed by atoms with Crippen LogP contribution in [0.25, 0.3) is 0 Å². The highest BCUT2D eigenvalue weighted by molar-refractivity contribution is 7.89. The summed E-state index contributed by atoms with van der Waals surface area (Å²) in [6.07, 6.45) is 0. The molecule has 0 aliphatic heterocycles. The number of sulfonamides is 1. The van der Waals surface area contributed by atoms with Crippen molar-refractivity contribution in [2.24, 2.45) is 4.99 Å². The molecule has 0 aliphatic carbocycles. The Kier molecular flexibility index (Phi) is 9.07. The molecule has 0 unspecified atom stereocenters. The Morgan fingerprint density at radius 1 is 1.20 bits per heavy atom. The maximum Gasteiger partial charge on any atom is 0.211 e. The van der Waals surface area contributed by atoms with Crippen LogP contribution >= 0.6 is 0 Å². The molecular formula is C16H28N4O4S. The van der Waals surface area contributed by atoms with Gasteiger partial charge in [-0.25, -0.2) is 13.1 Å². The third-order valence-electron chi connectivity index (χ3n) is 3.15. The first-order valence-electron chi connectivity index (χ1n) is 8.29. The van der Waals surface area contributed by atoms with Gasteiger partial charge in [0.25, 0.3) is 0 Å². The van der Waals surface area contributed by atoms with Gasteiger partial charge in [-0.05, 0) is 32.9 Å². The normalized spacial score (nSPS) is 11.9. The van der Waals surface area contributed by atoms with Gasteiger partial charge in [-0.2, -0.15) is 0 Å². The van der Waals surface area contributed by atoms with Gasteiger partial charge in [-0.15, -0.1) is 0 Å². The van der Waals surface area contributed by atoms with Gasteiger partial charge in [-0.3, -0.25) is 4.99 Å². The first kappa shape index (κ1) is 21.0. The van der Waals surface area contributed by atoms with E-state index in [-0.39, 0.29) is 12.3 Å². The van der Waals surface area contributed by atoms with E-state index < -0.39 is 10.0 Å². The first-order chi connectivity index (χ1) is 12.0. The number of nitrogens with zero attached hydrogens (tertiary/aromatic N) is 1. The number of ether oxygens (including phenoxy) is 2. The van der Waals surface area contributed by atoms with Crippen LogP contribution in [0, 0.1) is 0 Å². The third kappa shape index (κ3) is 7.61. The second-order valence-electron chi connectivity index (χ2n) is 4.98. The van der Waals surface area contributed by atoms with Crippen molar-refractivity contribution in [3.05, 3.63) is 18.2 Å². The van der Waals surface area contributed by atoms with Crippen LogP contribution in [0.5, 0.6) is 11.5 Å². The Morgan fingerprint density at radius 3 is 2.56 bits per heavy atom. The zero-order chi connectivity index (χ0) is 18.7. The lowest BCUT2D eigenvalue weighted by Crippen LogP contribution is -2.32. The Hall–Kier alpha value is -2.00. The topological polar surface area (TPSA) is 101 Å². The summed E-state index contributed by atoms with van der Waals surface area (Å²) in [6.45, 7) is 7.24. The molecule has 0 heterocycles. The monoisotopic (exact) mass is 372 g/mol. The van der Waals surface area contributed by atoms with Gasteiger partial charge in [0, 0.05) is 24.8 Å². The minimum Gasteiger partial charge on any atom is -0.493 e. The Bertz CT molecular complexity index is 662. The molecule has 9 heteroatoms. The van der Waals surface area contributed by atoms with Gasteiger partial charge in [0.2, 0.25) is 10.0 Å². The minimum atomic E-state index is -3.20. The average molecular weight is 372 g/mol. The summed E-state index contributed by atoms with van der Waals surface area (Å²) in [4.78, 5) is 4.36. The molecule has 8 nitrogen and oxygen atoms in total. The van der Waals surface area contributed by atoms with E-state index in [1.807, 2.05) is 32.0 Å². The summed E-state index contributed by atoms with van der Waals surface area (Å²) in [6, 6.07) is 5.50. The van der Waals surface area contributed by atoms with Gasteiger partial charge in [0.05, 0.1) is 26.0 Å². The highest BCUT2D eigenvalue weighted by atomic mass is 32.2. The van der Waals surface area contributed by atoms with Crippen LogP contribution in [0.15, 0.2) is 23.2 Å². The number of rotatable bonds is 10. The molecule has 0 spiro atoms. The van der Waals surface area contributed by atoms with Crippen LogP contribution in [0.1, 0.15) is 20.8 Å². The van der Waals surface area contributed by atoms with Crippen LogP contribution in [0.4, 0.5) is 5.69 Å². The molecule has 0 aliphatic rings. The predicted molar refractivity (Wildman–Crippen MR) is 101 cm³/mol. The quantitative estimate of drug-likeness (QED) is 0.326. The predicted octanol–water partition coefficient (Wildman–Crippen LogP) is 1.41. The van der Waals surface area contributed by atoms with Crippen LogP contribution in [0.3, 0.4) is 0 Å². The second kappa shape index (κ2) is 10.8. The maximum atomic E-state index is 11.4. The molecule has 142 valence electrons. The van der Waals surface area contributed by atoms with Crippen molar-refractivity contribution in [1.82, 2.24) is 10.0 Å². The second-order valence-corrected chi connectivity index (χ2v) is 7.08. The summed E-state index contributed by atoms with van der Waals surface area (Å²) in [7, 11) is -1.61. The molecule has 0 saturated heterocycles. The number of methoxy groups -OCH3 is 1. The standard InChI is InChI=1S/C16H28N4O4S/c1-5-17-16(18-10-11-19-25(21,22)7-3)20-13-8-9-14(23-4)15(12-13)24-6-2/h8-9,12,19H,5-7,10-11H2,1-4H3,(H2,17,18,20). The smallest absolute Gasteiger partial charge is 0.211 e. The van der Waals surface area contributed by atoms with E-state index in [2.05, 4.69) is 20.3 Å². The molecule has 1 aromatic carbocycles. The van der Waals surface area contributed by atoms with E-state index in [4.69, 9.17) is 9.47 Å². The number of hydrogen-bond acceptors (Lipinski definition) is 5. The number of anilines is 1. The zero-order valence-electron chi connectivity index (χ0n) is 15.3. The Labute approximate surface area is 150 Å². The fourth-order valence-corrected chi connectivity index (χ4v) is 2.54.